The molecule has 0 aromatic heterocycles. The van der Waals surface area contributed by atoms with Gasteiger partial charge in [-0.1, -0.05) is 30.4 Å². The molecule has 2 bridgehead atoms. The molecule has 2 fully saturated rings. The third-order valence-electron chi connectivity index (χ3n) is 4.95. The average molecular weight is 406 g/mol. The maximum absolute atomic E-state index is 12.6. The molecule has 4 nitrogen and oxygen atoms in total. The van der Waals surface area contributed by atoms with E-state index in [-0.39, 0.29) is 35.5 Å². The van der Waals surface area contributed by atoms with Crippen LogP contribution in [0.1, 0.15) is 18.4 Å². The Morgan fingerprint density at radius 1 is 1.05 bits per heavy atom. The maximum atomic E-state index is 12.6. The van der Waals surface area contributed by atoms with Crippen LogP contribution in [0.3, 0.4) is 0 Å². The van der Waals surface area contributed by atoms with Gasteiger partial charge in [0.2, 0.25) is 0 Å². The summed E-state index contributed by atoms with van der Waals surface area (Å²) < 4.78 is 1.04. The van der Waals surface area contributed by atoms with Crippen molar-refractivity contribution in [3.63, 3.8) is 0 Å². The smallest absolute Gasteiger partial charge is 0.254 e. The molecule has 2 amide bonds. The first-order valence-electron chi connectivity index (χ1n) is 7.51. The van der Waals surface area contributed by atoms with E-state index < -0.39 is 0 Å². The van der Waals surface area contributed by atoms with Gasteiger partial charge in [0.1, 0.15) is 0 Å². The van der Waals surface area contributed by atoms with Gasteiger partial charge in [-0.25, -0.2) is 0 Å². The van der Waals surface area contributed by atoms with Crippen LogP contribution in [0.2, 0.25) is 0 Å². The van der Waals surface area contributed by atoms with Crippen molar-refractivity contribution in [3.05, 3.63) is 45.6 Å². The number of halogens is 1. The number of benzene rings is 1. The Balaban J connectivity index is 1.63. The normalized spacial score (nSPS) is 33.0. The van der Waals surface area contributed by atoms with Gasteiger partial charge in [0.25, 0.3) is 11.8 Å². The summed E-state index contributed by atoms with van der Waals surface area (Å²) in [6, 6.07) is 7.76. The molecule has 22 heavy (non-hydrogen) atoms. The van der Waals surface area contributed by atoms with Crippen molar-refractivity contribution in [1.29, 1.82) is 0 Å². The van der Waals surface area contributed by atoms with E-state index in [9.17, 15) is 9.59 Å². The molecule has 1 aliphatic heterocycles. The first-order valence-corrected chi connectivity index (χ1v) is 8.59. The average Bonchev–Trinajstić information content (AvgIpc) is 2.82. The maximum Gasteiger partial charge on any atom is 0.254 e. The summed E-state index contributed by atoms with van der Waals surface area (Å²) in [7, 11) is 0. The molecule has 1 saturated heterocycles. The van der Waals surface area contributed by atoms with Gasteiger partial charge in [-0.2, -0.15) is 10.1 Å². The number of hydrogen-bond acceptors (Lipinski definition) is 3. The van der Waals surface area contributed by atoms with Gasteiger partial charge in [-0.3, -0.25) is 9.59 Å². The molecule has 0 radical (unpaired) electrons. The van der Waals surface area contributed by atoms with Gasteiger partial charge in [0.15, 0.2) is 0 Å². The fraction of sp³-hybridized carbons (Fsp3) is 0.353. The van der Waals surface area contributed by atoms with E-state index in [0.29, 0.717) is 0 Å². The van der Waals surface area contributed by atoms with E-state index in [4.69, 9.17) is 0 Å². The first kappa shape index (κ1) is 14.1. The van der Waals surface area contributed by atoms with Gasteiger partial charge in [-0.15, -0.1) is 0 Å². The second-order valence-electron chi connectivity index (χ2n) is 6.10. The number of fused-ring (bicyclic) bond motifs is 1. The number of imide groups is 1. The van der Waals surface area contributed by atoms with Gasteiger partial charge in [0.05, 0.1) is 18.1 Å². The molecule has 4 aliphatic rings. The number of hydrogen-bond donors (Lipinski definition) is 0. The fourth-order valence-corrected chi connectivity index (χ4v) is 4.40. The summed E-state index contributed by atoms with van der Waals surface area (Å²) in [4.78, 5) is 25.2. The molecular weight excluding hydrogens is 391 g/mol. The summed E-state index contributed by atoms with van der Waals surface area (Å²) in [5, 5.41) is 5.32. The monoisotopic (exact) mass is 406 g/mol. The summed E-state index contributed by atoms with van der Waals surface area (Å²) >= 11 is 2.22. The second kappa shape index (κ2) is 5.30. The quantitative estimate of drug-likeness (QED) is 0.328. The molecule has 5 rings (SSSR count). The highest BCUT2D eigenvalue weighted by molar-refractivity contribution is 14.1. The van der Waals surface area contributed by atoms with Crippen molar-refractivity contribution < 1.29 is 9.59 Å². The zero-order valence-corrected chi connectivity index (χ0v) is 14.0. The number of carbonyl (C=O) groups is 2. The van der Waals surface area contributed by atoms with E-state index in [1.54, 1.807) is 6.21 Å². The lowest BCUT2D eigenvalue weighted by atomic mass is 9.63. The van der Waals surface area contributed by atoms with Crippen molar-refractivity contribution in [3.8, 4) is 0 Å². The molecule has 0 spiro atoms. The van der Waals surface area contributed by atoms with Crippen LogP contribution in [0.5, 0.6) is 0 Å². The minimum absolute atomic E-state index is 0.128. The molecule has 1 aromatic carbocycles. The topological polar surface area (TPSA) is 49.7 Å². The third kappa shape index (κ3) is 2.06. The zero-order valence-electron chi connectivity index (χ0n) is 11.9. The Morgan fingerprint density at radius 2 is 1.64 bits per heavy atom. The van der Waals surface area contributed by atoms with Gasteiger partial charge in [0, 0.05) is 9.13 Å². The number of carbonyl (C=O) groups excluding carboxylic acids is 2. The highest BCUT2D eigenvalue weighted by Gasteiger charge is 2.56. The summed E-state index contributed by atoms with van der Waals surface area (Å²) in [5.74, 6) is -0.217. The van der Waals surface area contributed by atoms with Crippen LogP contribution < -0.4 is 0 Å². The molecule has 112 valence electrons. The highest BCUT2D eigenvalue weighted by Crippen LogP contribution is 2.49. The van der Waals surface area contributed by atoms with Crippen LogP contribution in [0.4, 0.5) is 0 Å². The first-order chi connectivity index (χ1) is 10.7. The number of allylic oxidation sites excluding steroid dienone is 2. The predicted octanol–water partition coefficient (Wildman–Crippen LogP) is 2.82. The van der Waals surface area contributed by atoms with E-state index in [1.165, 1.54) is 0 Å². The van der Waals surface area contributed by atoms with E-state index in [1.807, 2.05) is 24.3 Å². The minimum atomic E-state index is -0.191. The number of amides is 2. The van der Waals surface area contributed by atoms with Crippen LogP contribution in [-0.4, -0.2) is 23.0 Å². The summed E-state index contributed by atoms with van der Waals surface area (Å²) in [6.45, 7) is 0. The lowest BCUT2D eigenvalue weighted by molar-refractivity contribution is -0.140. The third-order valence-corrected chi connectivity index (χ3v) is 5.94. The Labute approximate surface area is 142 Å². The standard InChI is InChI=1S/C17H15IN2O2/c18-13-4-2-1-3-12(13)9-19-20-16(21)14-10-5-6-11(8-7-10)15(14)17(20)22/h1-6,9-11,14-15H,7-8H2. The van der Waals surface area contributed by atoms with Crippen molar-refractivity contribution in [2.24, 2.45) is 28.8 Å². The molecule has 4 unspecified atom stereocenters. The second-order valence-corrected chi connectivity index (χ2v) is 7.26. The van der Waals surface area contributed by atoms with Gasteiger partial charge < -0.3 is 0 Å². The Kier molecular flexibility index (Phi) is 3.40. The molecule has 0 N–H and O–H groups in total. The lowest BCUT2D eigenvalue weighted by Gasteiger charge is -2.37. The molecule has 4 atom stereocenters. The van der Waals surface area contributed by atoms with E-state index in [0.717, 1.165) is 27.0 Å². The Bertz CT molecular complexity index is 680. The summed E-state index contributed by atoms with van der Waals surface area (Å²) in [5.41, 5.74) is 0.916. The lowest BCUT2D eigenvalue weighted by Crippen LogP contribution is -2.38. The molecular formula is C17H15IN2O2. The Morgan fingerprint density at radius 3 is 2.18 bits per heavy atom. The van der Waals surface area contributed by atoms with Crippen LogP contribution in [0.15, 0.2) is 41.5 Å². The van der Waals surface area contributed by atoms with Crippen LogP contribution >= 0.6 is 22.6 Å². The number of rotatable bonds is 2. The molecule has 5 heteroatoms. The van der Waals surface area contributed by atoms with Crippen LogP contribution in [-0.2, 0) is 9.59 Å². The van der Waals surface area contributed by atoms with E-state index >= 15 is 0 Å². The van der Waals surface area contributed by atoms with Crippen LogP contribution in [0, 0.1) is 27.2 Å². The van der Waals surface area contributed by atoms with E-state index in [2.05, 4.69) is 39.8 Å². The van der Waals surface area contributed by atoms with Crippen molar-refractivity contribution in [2.75, 3.05) is 0 Å². The molecule has 1 saturated carbocycles. The van der Waals surface area contributed by atoms with Gasteiger partial charge >= 0.3 is 0 Å². The molecule has 3 aliphatic carbocycles. The minimum Gasteiger partial charge on any atom is -0.272 e. The number of nitrogens with zero attached hydrogens (tertiary/aromatic N) is 2. The Hall–Kier alpha value is -1.50. The van der Waals surface area contributed by atoms with Crippen LogP contribution in [0.25, 0.3) is 0 Å². The fourth-order valence-electron chi connectivity index (χ4n) is 3.87. The van der Waals surface area contributed by atoms with Crippen molar-refractivity contribution in [2.45, 2.75) is 12.8 Å². The van der Waals surface area contributed by atoms with Crippen molar-refractivity contribution >= 4 is 40.6 Å². The largest absolute Gasteiger partial charge is 0.272 e. The summed E-state index contributed by atoms with van der Waals surface area (Å²) in [6.07, 6.45) is 7.87. The molecule has 1 aromatic rings. The SMILES string of the molecule is O=C1C2C3C=CC(CC3)C2C(=O)N1N=Cc1ccccc1I. The number of hydrazone groups is 1. The van der Waals surface area contributed by atoms with Gasteiger partial charge in [-0.05, 0) is 53.3 Å². The van der Waals surface area contributed by atoms with Crippen molar-refractivity contribution in [1.82, 2.24) is 5.01 Å². The zero-order chi connectivity index (χ0) is 15.3. The predicted molar refractivity (Wildman–Crippen MR) is 90.9 cm³/mol. The highest BCUT2D eigenvalue weighted by atomic mass is 127. The molecule has 1 heterocycles.